The fourth-order valence-electron chi connectivity index (χ4n) is 1.79. The molecule has 0 atom stereocenters. The third-order valence-electron chi connectivity index (χ3n) is 2.85. The van der Waals surface area contributed by atoms with Crippen molar-refractivity contribution >= 4 is 5.82 Å². The van der Waals surface area contributed by atoms with Gasteiger partial charge in [0.1, 0.15) is 11.6 Å². The average molecular weight is 299 g/mol. The third-order valence-corrected chi connectivity index (χ3v) is 2.85. The highest BCUT2D eigenvalue weighted by atomic mass is 19.4. The maximum atomic E-state index is 12.9. The summed E-state index contributed by atoms with van der Waals surface area (Å²) in [6.07, 6.45) is -0.231. The first-order valence-electron chi connectivity index (χ1n) is 6.55. The number of hydrogen-bond acceptors (Lipinski definition) is 4. The highest BCUT2D eigenvalue weighted by Gasteiger charge is 2.35. The first kappa shape index (κ1) is 15.3. The van der Waals surface area contributed by atoms with E-state index in [1.165, 1.54) is 6.07 Å². The van der Waals surface area contributed by atoms with Crippen LogP contribution in [0.1, 0.15) is 30.7 Å². The Bertz CT molecular complexity index is 606. The standard InChI is InChI=1S/C13H16F3N5/c1-3-4-17-10-7-9(8-11-18-5-6-21(11)2)19-12(20-10)13(14,15)16/h5-7H,3-4,8H2,1-2H3,(H,17,19,20). The van der Waals surface area contributed by atoms with Crippen LogP contribution in [-0.2, 0) is 19.6 Å². The van der Waals surface area contributed by atoms with E-state index in [1.807, 2.05) is 6.92 Å². The van der Waals surface area contributed by atoms with Crippen LogP contribution in [0.3, 0.4) is 0 Å². The molecule has 2 aromatic rings. The van der Waals surface area contributed by atoms with Gasteiger partial charge in [-0.25, -0.2) is 15.0 Å². The van der Waals surface area contributed by atoms with Crippen LogP contribution in [0.25, 0.3) is 0 Å². The van der Waals surface area contributed by atoms with Crippen LogP contribution in [0, 0.1) is 0 Å². The summed E-state index contributed by atoms with van der Waals surface area (Å²) in [5.74, 6) is -0.306. The van der Waals surface area contributed by atoms with E-state index in [4.69, 9.17) is 0 Å². The first-order chi connectivity index (χ1) is 9.90. The summed E-state index contributed by atoms with van der Waals surface area (Å²) >= 11 is 0. The Balaban J connectivity index is 2.33. The molecule has 0 amide bonds. The normalized spacial score (nSPS) is 11.7. The molecule has 2 heterocycles. The summed E-state index contributed by atoms with van der Waals surface area (Å²) in [5.41, 5.74) is 0.283. The van der Waals surface area contributed by atoms with Crippen molar-refractivity contribution in [1.29, 1.82) is 0 Å². The van der Waals surface area contributed by atoms with Crippen molar-refractivity contribution in [1.82, 2.24) is 19.5 Å². The smallest absolute Gasteiger partial charge is 0.370 e. The Morgan fingerprint density at radius 1 is 1.29 bits per heavy atom. The maximum Gasteiger partial charge on any atom is 0.451 e. The molecule has 0 aliphatic carbocycles. The molecule has 0 fully saturated rings. The lowest BCUT2D eigenvalue weighted by Crippen LogP contribution is -2.15. The number of imidazole rings is 1. The first-order valence-corrected chi connectivity index (χ1v) is 6.55. The van der Waals surface area contributed by atoms with Crippen LogP contribution in [0.15, 0.2) is 18.5 Å². The molecule has 0 bridgehead atoms. The van der Waals surface area contributed by atoms with Gasteiger partial charge in [0, 0.05) is 38.5 Å². The molecule has 0 aliphatic rings. The lowest BCUT2D eigenvalue weighted by atomic mass is 10.2. The van der Waals surface area contributed by atoms with Crippen molar-refractivity contribution < 1.29 is 13.2 Å². The van der Waals surface area contributed by atoms with Crippen LogP contribution < -0.4 is 5.32 Å². The van der Waals surface area contributed by atoms with E-state index in [1.54, 1.807) is 24.0 Å². The molecule has 5 nitrogen and oxygen atoms in total. The van der Waals surface area contributed by atoms with Crippen molar-refractivity contribution in [2.75, 3.05) is 11.9 Å². The maximum absolute atomic E-state index is 12.9. The second-order valence-electron chi connectivity index (χ2n) is 4.62. The Labute approximate surface area is 120 Å². The van der Waals surface area contributed by atoms with Crippen LogP contribution in [0.4, 0.5) is 19.0 Å². The number of alkyl halides is 3. The minimum absolute atomic E-state index is 0.184. The van der Waals surface area contributed by atoms with Gasteiger partial charge in [-0.05, 0) is 6.42 Å². The van der Waals surface area contributed by atoms with E-state index >= 15 is 0 Å². The Morgan fingerprint density at radius 2 is 2.05 bits per heavy atom. The van der Waals surface area contributed by atoms with E-state index < -0.39 is 12.0 Å². The quantitative estimate of drug-likeness (QED) is 0.922. The number of nitrogens with one attached hydrogen (secondary N) is 1. The van der Waals surface area contributed by atoms with E-state index in [0.717, 1.165) is 6.42 Å². The molecular formula is C13H16F3N5. The molecule has 8 heteroatoms. The zero-order valence-corrected chi connectivity index (χ0v) is 11.8. The van der Waals surface area contributed by atoms with Crippen molar-refractivity contribution in [2.24, 2.45) is 7.05 Å². The van der Waals surface area contributed by atoms with Crippen molar-refractivity contribution in [2.45, 2.75) is 25.9 Å². The topological polar surface area (TPSA) is 55.6 Å². The lowest BCUT2D eigenvalue weighted by molar-refractivity contribution is -0.145. The number of aromatic nitrogens is 4. The van der Waals surface area contributed by atoms with E-state index in [9.17, 15) is 13.2 Å². The molecule has 0 radical (unpaired) electrons. The number of nitrogens with zero attached hydrogens (tertiary/aromatic N) is 4. The second-order valence-corrected chi connectivity index (χ2v) is 4.62. The minimum atomic E-state index is -4.57. The van der Waals surface area contributed by atoms with Crippen LogP contribution in [0.2, 0.25) is 0 Å². The van der Waals surface area contributed by atoms with E-state index in [-0.39, 0.29) is 17.9 Å². The van der Waals surface area contributed by atoms with Gasteiger partial charge < -0.3 is 9.88 Å². The van der Waals surface area contributed by atoms with Gasteiger partial charge in [0.25, 0.3) is 0 Å². The van der Waals surface area contributed by atoms with Crippen molar-refractivity contribution in [3.05, 3.63) is 35.8 Å². The minimum Gasteiger partial charge on any atom is -0.370 e. The van der Waals surface area contributed by atoms with Crippen molar-refractivity contribution in [3.8, 4) is 0 Å². The van der Waals surface area contributed by atoms with Gasteiger partial charge in [-0.2, -0.15) is 13.2 Å². The molecule has 1 N–H and O–H groups in total. The molecule has 2 rings (SSSR count). The van der Waals surface area contributed by atoms with Crippen molar-refractivity contribution in [3.63, 3.8) is 0 Å². The summed E-state index contributed by atoms with van der Waals surface area (Å²) in [4.78, 5) is 11.2. The van der Waals surface area contributed by atoms with Crippen LogP contribution >= 0.6 is 0 Å². The average Bonchev–Trinajstić information content (AvgIpc) is 2.81. The van der Waals surface area contributed by atoms with Crippen LogP contribution in [-0.4, -0.2) is 26.1 Å². The SMILES string of the molecule is CCCNc1cc(Cc2nccn2C)nc(C(F)(F)F)n1. The molecule has 0 aromatic carbocycles. The van der Waals surface area contributed by atoms with Gasteiger partial charge >= 0.3 is 6.18 Å². The largest absolute Gasteiger partial charge is 0.451 e. The van der Waals surface area contributed by atoms with E-state index in [2.05, 4.69) is 20.3 Å². The number of hydrogen-bond donors (Lipinski definition) is 1. The Hall–Kier alpha value is -2.12. The Morgan fingerprint density at radius 3 is 2.62 bits per heavy atom. The zero-order chi connectivity index (χ0) is 15.5. The zero-order valence-electron chi connectivity index (χ0n) is 11.8. The molecule has 0 spiro atoms. The van der Waals surface area contributed by atoms with Gasteiger partial charge in [-0.1, -0.05) is 6.92 Å². The fourth-order valence-corrected chi connectivity index (χ4v) is 1.79. The van der Waals surface area contributed by atoms with E-state index in [0.29, 0.717) is 12.4 Å². The van der Waals surface area contributed by atoms with Gasteiger partial charge in [-0.3, -0.25) is 0 Å². The summed E-state index contributed by atoms with van der Waals surface area (Å²) in [7, 11) is 1.78. The summed E-state index contributed by atoms with van der Waals surface area (Å²) < 4.78 is 40.3. The highest BCUT2D eigenvalue weighted by molar-refractivity contribution is 5.37. The predicted molar refractivity (Wildman–Crippen MR) is 71.8 cm³/mol. The summed E-state index contributed by atoms with van der Waals surface area (Å²) in [6, 6.07) is 1.53. The molecule has 114 valence electrons. The Kier molecular flexibility index (Phi) is 4.44. The molecule has 0 saturated heterocycles. The summed E-state index contributed by atoms with van der Waals surface area (Å²) in [5, 5.41) is 2.86. The van der Waals surface area contributed by atoms with Crippen LogP contribution in [0.5, 0.6) is 0 Å². The summed E-state index contributed by atoms with van der Waals surface area (Å²) in [6.45, 7) is 2.48. The predicted octanol–water partition coefficient (Wildman–Crippen LogP) is 2.64. The number of rotatable bonds is 5. The van der Waals surface area contributed by atoms with Gasteiger partial charge in [0.2, 0.25) is 5.82 Å². The number of halogens is 3. The molecular weight excluding hydrogens is 283 g/mol. The lowest BCUT2D eigenvalue weighted by Gasteiger charge is -2.11. The molecule has 0 unspecified atom stereocenters. The number of aryl methyl sites for hydroxylation is 1. The molecule has 2 aromatic heterocycles. The second kappa shape index (κ2) is 6.11. The van der Waals surface area contributed by atoms with Gasteiger partial charge in [0.05, 0.1) is 5.69 Å². The highest BCUT2D eigenvalue weighted by Crippen LogP contribution is 2.27. The molecule has 21 heavy (non-hydrogen) atoms. The van der Waals surface area contributed by atoms with Gasteiger partial charge in [0.15, 0.2) is 0 Å². The molecule has 0 aliphatic heterocycles. The monoisotopic (exact) mass is 299 g/mol. The third kappa shape index (κ3) is 3.93. The number of anilines is 1. The fraction of sp³-hybridized carbons (Fsp3) is 0.462. The molecule has 0 saturated carbocycles. The van der Waals surface area contributed by atoms with Gasteiger partial charge in [-0.15, -0.1) is 0 Å².